The van der Waals surface area contributed by atoms with E-state index in [-0.39, 0.29) is 27.3 Å². The van der Waals surface area contributed by atoms with Gasteiger partial charge in [0.25, 0.3) is 0 Å². The molecule has 100 valence electrons. The number of ether oxygens (including phenoxy) is 2. The molecular weight excluding hydrogens is 361 g/mol. The quantitative estimate of drug-likeness (QED) is 0.289. The number of methoxy groups -OCH3 is 2. The van der Waals surface area contributed by atoms with Crippen molar-refractivity contribution in [3.05, 3.63) is 24.3 Å². The monoisotopic (exact) mass is 372 g/mol. The first-order valence-corrected chi connectivity index (χ1v) is 4.27. The first-order chi connectivity index (χ1) is 8.33. The Kier molecular flexibility index (Phi) is 17.0. The molecule has 0 spiro atoms. The topological polar surface area (TPSA) is 133 Å². The minimum atomic E-state index is -1.42. The Morgan fingerprint density at radius 3 is 1.16 bits per heavy atom. The van der Waals surface area contributed by atoms with E-state index in [0.29, 0.717) is 12.2 Å². The van der Waals surface area contributed by atoms with Gasteiger partial charge in [-0.05, 0) is 12.2 Å². The fraction of sp³-hybridized carbons (Fsp3) is 0.200. The molecule has 9 heteroatoms. The van der Waals surface area contributed by atoms with Gasteiger partial charge in [0.05, 0.1) is 26.2 Å². The first kappa shape index (κ1) is 22.5. The van der Waals surface area contributed by atoms with Crippen LogP contribution in [0.25, 0.3) is 0 Å². The van der Waals surface area contributed by atoms with Gasteiger partial charge in [0.2, 0.25) is 0 Å². The second-order valence-electron chi connectivity index (χ2n) is 2.35. The average molecular weight is 371 g/mol. The summed E-state index contributed by atoms with van der Waals surface area (Å²) in [6.45, 7) is 0. The van der Waals surface area contributed by atoms with Crippen molar-refractivity contribution in [3.8, 4) is 0 Å². The number of carbonyl (C=O) groups excluding carboxylic acids is 4. The van der Waals surface area contributed by atoms with E-state index >= 15 is 0 Å². The Morgan fingerprint density at radius 2 is 1.00 bits per heavy atom. The Hall–Kier alpha value is -1.72. The maximum atomic E-state index is 10.1. The van der Waals surface area contributed by atoms with E-state index in [1.165, 1.54) is 0 Å². The zero-order valence-electron chi connectivity index (χ0n) is 10.3. The van der Waals surface area contributed by atoms with Gasteiger partial charge in [-0.15, -0.1) is 0 Å². The van der Waals surface area contributed by atoms with E-state index in [0.717, 1.165) is 26.4 Å². The van der Waals surface area contributed by atoms with Gasteiger partial charge in [-0.2, -0.15) is 0 Å². The molecule has 0 fully saturated rings. The fourth-order valence-electron chi connectivity index (χ4n) is 0.408. The number of rotatable bonds is 4. The summed E-state index contributed by atoms with van der Waals surface area (Å²) in [6, 6.07) is 0. The van der Waals surface area contributed by atoms with Crippen molar-refractivity contribution in [1.29, 1.82) is 0 Å². The number of carboxylic acids is 2. The van der Waals surface area contributed by atoms with E-state index in [1.54, 1.807) is 0 Å². The summed E-state index contributed by atoms with van der Waals surface area (Å²) >= 11 is 0. The summed E-state index contributed by atoms with van der Waals surface area (Å²) in [7, 11) is 2.31. The Balaban J connectivity index is -0.000000256. The van der Waals surface area contributed by atoms with E-state index in [4.69, 9.17) is 0 Å². The molecule has 19 heavy (non-hydrogen) atoms. The number of carbonyl (C=O) groups is 4. The third-order valence-corrected chi connectivity index (χ3v) is 1.11. The van der Waals surface area contributed by atoms with E-state index in [1.807, 2.05) is 0 Å². The predicted molar refractivity (Wildman–Crippen MR) is 52.3 cm³/mol. The number of aliphatic carboxylic acids is 2. The van der Waals surface area contributed by atoms with Crippen molar-refractivity contribution < 1.29 is 66.2 Å². The van der Waals surface area contributed by atoms with E-state index < -0.39 is 23.9 Å². The molecule has 0 aromatic rings. The molecule has 0 aliphatic heterocycles. The molecule has 0 unspecified atom stereocenters. The molecule has 0 atom stereocenters. The standard InChI is InChI=1S/2C5H6O4.Cd/c2*1-9-5(8)3-2-4(6)7;/h2*2-3H,1H3,(H,6,7);/q;;+2/p-2/b2*3-2-;. The van der Waals surface area contributed by atoms with Crippen molar-refractivity contribution in [2.24, 2.45) is 0 Å². The van der Waals surface area contributed by atoms with Crippen LogP contribution in [0.3, 0.4) is 0 Å². The van der Waals surface area contributed by atoms with Crippen LogP contribution in [0.15, 0.2) is 24.3 Å². The van der Waals surface area contributed by atoms with Gasteiger partial charge in [0, 0.05) is 12.2 Å². The fourth-order valence-corrected chi connectivity index (χ4v) is 0.408. The Bertz CT molecular complexity index is 336. The molecule has 0 bridgehead atoms. The Labute approximate surface area is 128 Å². The third kappa shape index (κ3) is 22.0. The van der Waals surface area contributed by atoms with Gasteiger partial charge < -0.3 is 29.3 Å². The van der Waals surface area contributed by atoms with Crippen LogP contribution in [0, 0.1) is 0 Å². The molecule has 0 aliphatic rings. The number of carboxylic acid groups (broad SMARTS) is 2. The number of hydrogen-bond acceptors (Lipinski definition) is 8. The molecular formula is C10H10CdO8. The summed E-state index contributed by atoms with van der Waals surface area (Å²) in [5.41, 5.74) is 0. The maximum absolute atomic E-state index is 10.1. The van der Waals surface area contributed by atoms with Gasteiger partial charge in [0.1, 0.15) is 0 Å². The molecule has 0 N–H and O–H groups in total. The minimum Gasteiger partial charge on any atom is -0.545 e. The molecule has 0 aliphatic carbocycles. The molecule has 0 aromatic carbocycles. The third-order valence-electron chi connectivity index (χ3n) is 1.11. The van der Waals surface area contributed by atoms with E-state index in [9.17, 15) is 29.4 Å². The van der Waals surface area contributed by atoms with Gasteiger partial charge in [-0.1, -0.05) is 0 Å². The van der Waals surface area contributed by atoms with E-state index in [2.05, 4.69) is 9.47 Å². The van der Waals surface area contributed by atoms with Crippen LogP contribution in [-0.4, -0.2) is 38.1 Å². The maximum Gasteiger partial charge on any atom is 2.00 e. The van der Waals surface area contributed by atoms with Gasteiger partial charge in [-0.25, -0.2) is 9.59 Å². The van der Waals surface area contributed by atoms with Gasteiger partial charge in [0.15, 0.2) is 0 Å². The van der Waals surface area contributed by atoms with Crippen molar-refractivity contribution in [2.75, 3.05) is 14.2 Å². The molecule has 0 saturated heterocycles. The molecule has 8 nitrogen and oxygen atoms in total. The average Bonchev–Trinajstić information content (AvgIpc) is 2.33. The summed E-state index contributed by atoms with van der Waals surface area (Å²) < 4.78 is 8.17. The molecule has 0 amide bonds. The van der Waals surface area contributed by atoms with Crippen molar-refractivity contribution in [3.63, 3.8) is 0 Å². The largest absolute Gasteiger partial charge is 2.00 e. The normalized spacial score (nSPS) is 8.95. The molecule has 0 heterocycles. The zero-order chi connectivity index (χ0) is 14.6. The number of hydrogen-bond donors (Lipinski definition) is 0. The molecule has 0 radical (unpaired) electrons. The van der Waals surface area contributed by atoms with Crippen LogP contribution in [0.1, 0.15) is 0 Å². The smallest absolute Gasteiger partial charge is 0.545 e. The van der Waals surface area contributed by atoms with Crippen LogP contribution in [0.4, 0.5) is 0 Å². The summed E-state index contributed by atoms with van der Waals surface area (Å²) in [5.74, 6) is -4.25. The van der Waals surface area contributed by atoms with Crippen LogP contribution >= 0.6 is 0 Å². The van der Waals surface area contributed by atoms with Gasteiger partial charge in [-0.3, -0.25) is 0 Å². The van der Waals surface area contributed by atoms with Crippen molar-refractivity contribution >= 4 is 23.9 Å². The second kappa shape index (κ2) is 14.3. The minimum absolute atomic E-state index is 0. The zero-order valence-corrected chi connectivity index (χ0v) is 14.3. The number of esters is 2. The SMILES string of the molecule is COC(=O)/C=C\C(=O)[O-].COC(=O)/C=C\C(=O)[O-].[Cd+2]. The summed E-state index contributed by atoms with van der Waals surface area (Å²) in [4.78, 5) is 39.5. The predicted octanol–water partition coefficient (Wildman–Crippen LogP) is -3.07. The molecule has 0 saturated carbocycles. The summed E-state index contributed by atoms with van der Waals surface area (Å²) in [6.07, 6.45) is 2.75. The van der Waals surface area contributed by atoms with Crippen molar-refractivity contribution in [2.45, 2.75) is 0 Å². The first-order valence-electron chi connectivity index (χ1n) is 4.27. The molecule has 0 rings (SSSR count). The second-order valence-corrected chi connectivity index (χ2v) is 2.35. The molecule has 0 aromatic heterocycles. The van der Waals surface area contributed by atoms with Gasteiger partial charge >= 0.3 is 39.2 Å². The van der Waals surface area contributed by atoms with Crippen molar-refractivity contribution in [1.82, 2.24) is 0 Å². The van der Waals surface area contributed by atoms with Crippen LogP contribution in [-0.2, 0) is 56.0 Å². The van der Waals surface area contributed by atoms with Crippen LogP contribution in [0.2, 0.25) is 0 Å². The van der Waals surface area contributed by atoms with Crippen LogP contribution in [0.5, 0.6) is 0 Å². The summed E-state index contributed by atoms with van der Waals surface area (Å²) in [5, 5.41) is 19.2. The van der Waals surface area contributed by atoms with Crippen LogP contribution < -0.4 is 10.2 Å². The Morgan fingerprint density at radius 1 is 0.737 bits per heavy atom.